The van der Waals surface area contributed by atoms with Gasteiger partial charge in [-0.2, -0.15) is 0 Å². The molecule has 4 rings (SSSR count). The van der Waals surface area contributed by atoms with Crippen LogP contribution in [-0.2, 0) is 0 Å². The molecule has 1 saturated heterocycles. The van der Waals surface area contributed by atoms with E-state index in [1.165, 1.54) is 5.56 Å². The van der Waals surface area contributed by atoms with Gasteiger partial charge in [0.1, 0.15) is 0 Å². The zero-order valence-electron chi connectivity index (χ0n) is 15.6. The Balaban J connectivity index is 1.59. The van der Waals surface area contributed by atoms with Gasteiger partial charge in [0.15, 0.2) is 5.69 Å². The molecular formula is C21H23N5O. The lowest BCUT2D eigenvalue weighted by Crippen LogP contribution is -2.52. The minimum Gasteiger partial charge on any atom is -0.332 e. The normalized spacial score (nSPS) is 17.1. The zero-order chi connectivity index (χ0) is 18.8. The number of piperazine rings is 1. The van der Waals surface area contributed by atoms with E-state index < -0.39 is 0 Å². The number of nitrogens with one attached hydrogen (secondary N) is 1. The summed E-state index contributed by atoms with van der Waals surface area (Å²) in [5.74, 6) is -0.0475. The highest BCUT2D eigenvalue weighted by molar-refractivity contribution is 5.93. The molecule has 1 atom stereocenters. The molecule has 6 nitrogen and oxygen atoms in total. The van der Waals surface area contributed by atoms with E-state index in [-0.39, 0.29) is 11.9 Å². The second-order valence-corrected chi connectivity index (χ2v) is 6.90. The molecule has 1 N–H and O–H groups in total. The first-order chi connectivity index (χ1) is 13.1. The van der Waals surface area contributed by atoms with Crippen molar-refractivity contribution in [1.29, 1.82) is 0 Å². The molecule has 0 radical (unpaired) electrons. The first-order valence-corrected chi connectivity index (χ1v) is 9.25. The molecular weight excluding hydrogens is 338 g/mol. The van der Waals surface area contributed by atoms with E-state index in [0.717, 1.165) is 30.0 Å². The lowest BCUT2D eigenvalue weighted by molar-refractivity contribution is 0.0649. The van der Waals surface area contributed by atoms with Gasteiger partial charge in [0.2, 0.25) is 0 Å². The highest BCUT2D eigenvalue weighted by Crippen LogP contribution is 2.22. The average Bonchev–Trinajstić information content (AvgIpc) is 3.10. The Kier molecular flexibility index (Phi) is 4.73. The Morgan fingerprint density at radius 1 is 1.07 bits per heavy atom. The number of hydrogen-bond donors (Lipinski definition) is 1. The van der Waals surface area contributed by atoms with E-state index in [4.69, 9.17) is 0 Å². The molecule has 3 aromatic rings. The fourth-order valence-corrected chi connectivity index (χ4v) is 3.48. The van der Waals surface area contributed by atoms with Crippen LogP contribution in [0.3, 0.4) is 0 Å². The van der Waals surface area contributed by atoms with Crippen LogP contribution >= 0.6 is 0 Å². The number of carbonyl (C=O) groups is 1. The molecule has 0 unspecified atom stereocenters. The number of rotatable bonds is 3. The highest BCUT2D eigenvalue weighted by Gasteiger charge is 2.28. The molecule has 0 spiro atoms. The third kappa shape index (κ3) is 3.36. The molecule has 6 heteroatoms. The van der Waals surface area contributed by atoms with E-state index in [1.54, 1.807) is 4.68 Å². The van der Waals surface area contributed by atoms with Gasteiger partial charge in [-0.1, -0.05) is 47.7 Å². The van der Waals surface area contributed by atoms with Crippen LogP contribution in [0.2, 0.25) is 0 Å². The molecule has 0 saturated carbocycles. The first kappa shape index (κ1) is 17.4. The third-order valence-corrected chi connectivity index (χ3v) is 5.08. The van der Waals surface area contributed by atoms with Crippen LogP contribution in [0.25, 0.3) is 16.8 Å². The van der Waals surface area contributed by atoms with Gasteiger partial charge in [-0.3, -0.25) is 4.79 Å². The summed E-state index contributed by atoms with van der Waals surface area (Å²) in [6, 6.07) is 18.5. The van der Waals surface area contributed by atoms with E-state index in [1.807, 2.05) is 49.1 Å². The van der Waals surface area contributed by atoms with Gasteiger partial charge >= 0.3 is 0 Å². The van der Waals surface area contributed by atoms with Gasteiger partial charge in [-0.25, -0.2) is 4.68 Å². The van der Waals surface area contributed by atoms with Crippen LogP contribution in [0, 0.1) is 6.92 Å². The predicted molar refractivity (Wildman–Crippen MR) is 105 cm³/mol. The largest absolute Gasteiger partial charge is 0.332 e. The standard InChI is InChI=1S/C21H23N5O/c1-15-14-22-12-13-25(15)21(27)20-16(2)26(24-23-20)19-10-8-18(9-11-19)17-6-4-3-5-7-17/h3-11,15,22H,12-14H2,1-2H3/t15-/m1/s1. The van der Waals surface area contributed by atoms with Crippen molar-refractivity contribution in [3.63, 3.8) is 0 Å². The van der Waals surface area contributed by atoms with Crippen LogP contribution in [-0.4, -0.2) is 51.5 Å². The van der Waals surface area contributed by atoms with E-state index >= 15 is 0 Å². The van der Waals surface area contributed by atoms with Crippen LogP contribution in [0.4, 0.5) is 0 Å². The van der Waals surface area contributed by atoms with Gasteiger partial charge in [-0.05, 0) is 37.1 Å². The Hall–Kier alpha value is -2.99. The van der Waals surface area contributed by atoms with Gasteiger partial charge in [-0.15, -0.1) is 5.10 Å². The van der Waals surface area contributed by atoms with Crippen molar-refractivity contribution in [2.24, 2.45) is 0 Å². The van der Waals surface area contributed by atoms with Crippen LogP contribution in [0.15, 0.2) is 54.6 Å². The summed E-state index contributed by atoms with van der Waals surface area (Å²) in [4.78, 5) is 14.8. The minimum atomic E-state index is -0.0475. The van der Waals surface area contributed by atoms with Crippen molar-refractivity contribution in [3.05, 3.63) is 66.0 Å². The maximum atomic E-state index is 12.9. The SMILES string of the molecule is Cc1c(C(=O)N2CCNC[C@H]2C)nnn1-c1ccc(-c2ccccc2)cc1. The van der Waals surface area contributed by atoms with Gasteiger partial charge in [0.05, 0.1) is 11.4 Å². The Morgan fingerprint density at radius 2 is 1.78 bits per heavy atom. The van der Waals surface area contributed by atoms with Crippen molar-refractivity contribution in [2.45, 2.75) is 19.9 Å². The third-order valence-electron chi connectivity index (χ3n) is 5.08. The molecule has 0 bridgehead atoms. The molecule has 2 heterocycles. The van der Waals surface area contributed by atoms with Crippen molar-refractivity contribution in [2.75, 3.05) is 19.6 Å². The summed E-state index contributed by atoms with van der Waals surface area (Å²) in [6.45, 7) is 6.25. The number of aromatic nitrogens is 3. The summed E-state index contributed by atoms with van der Waals surface area (Å²) in [5.41, 5.74) is 4.40. The average molecular weight is 361 g/mol. The van der Waals surface area contributed by atoms with Gasteiger partial charge in [0, 0.05) is 25.7 Å². The van der Waals surface area contributed by atoms with Gasteiger partial charge < -0.3 is 10.2 Å². The molecule has 1 aromatic heterocycles. The number of amides is 1. The second kappa shape index (κ2) is 7.32. The summed E-state index contributed by atoms with van der Waals surface area (Å²) in [6.07, 6.45) is 0. The Labute approximate surface area is 158 Å². The molecule has 1 aliphatic heterocycles. The maximum Gasteiger partial charge on any atom is 0.276 e. The Bertz CT molecular complexity index is 933. The molecule has 2 aromatic carbocycles. The lowest BCUT2D eigenvalue weighted by Gasteiger charge is -2.33. The maximum absolute atomic E-state index is 12.9. The monoisotopic (exact) mass is 361 g/mol. The predicted octanol–water partition coefficient (Wildman–Crippen LogP) is 2.68. The van der Waals surface area contributed by atoms with Crippen molar-refractivity contribution < 1.29 is 4.79 Å². The molecule has 1 aliphatic rings. The van der Waals surface area contributed by atoms with Crippen LogP contribution in [0.5, 0.6) is 0 Å². The molecule has 138 valence electrons. The molecule has 0 aliphatic carbocycles. The summed E-state index contributed by atoms with van der Waals surface area (Å²) >= 11 is 0. The minimum absolute atomic E-state index is 0.0475. The van der Waals surface area contributed by atoms with Crippen LogP contribution < -0.4 is 5.32 Å². The topological polar surface area (TPSA) is 63.1 Å². The fraction of sp³-hybridized carbons (Fsp3) is 0.286. The van der Waals surface area contributed by atoms with Crippen LogP contribution in [0.1, 0.15) is 23.1 Å². The first-order valence-electron chi connectivity index (χ1n) is 9.25. The summed E-state index contributed by atoms with van der Waals surface area (Å²) in [5, 5.41) is 11.7. The van der Waals surface area contributed by atoms with E-state index in [0.29, 0.717) is 12.2 Å². The quantitative estimate of drug-likeness (QED) is 0.779. The van der Waals surface area contributed by atoms with Gasteiger partial charge in [0.25, 0.3) is 5.91 Å². The zero-order valence-corrected chi connectivity index (χ0v) is 15.6. The summed E-state index contributed by atoms with van der Waals surface area (Å²) < 4.78 is 1.73. The highest BCUT2D eigenvalue weighted by atomic mass is 16.2. The van der Waals surface area contributed by atoms with Crippen molar-refractivity contribution in [1.82, 2.24) is 25.2 Å². The number of benzene rings is 2. The number of hydrogen-bond acceptors (Lipinski definition) is 4. The second-order valence-electron chi connectivity index (χ2n) is 6.90. The van der Waals surface area contributed by atoms with Crippen molar-refractivity contribution >= 4 is 5.91 Å². The summed E-state index contributed by atoms with van der Waals surface area (Å²) in [7, 11) is 0. The van der Waals surface area contributed by atoms with E-state index in [9.17, 15) is 4.79 Å². The Morgan fingerprint density at radius 3 is 2.48 bits per heavy atom. The molecule has 1 amide bonds. The lowest BCUT2D eigenvalue weighted by atomic mass is 10.1. The molecule has 1 fully saturated rings. The fourth-order valence-electron chi connectivity index (χ4n) is 3.48. The number of nitrogens with zero attached hydrogens (tertiary/aromatic N) is 4. The van der Waals surface area contributed by atoms with Crippen molar-refractivity contribution in [3.8, 4) is 16.8 Å². The smallest absolute Gasteiger partial charge is 0.276 e. The van der Waals surface area contributed by atoms with E-state index in [2.05, 4.69) is 39.9 Å². The number of carbonyl (C=O) groups excluding carboxylic acids is 1. The molecule has 27 heavy (non-hydrogen) atoms.